The van der Waals surface area contributed by atoms with Gasteiger partial charge in [0.1, 0.15) is 5.75 Å². The third-order valence-corrected chi connectivity index (χ3v) is 5.59. The lowest BCUT2D eigenvalue weighted by molar-refractivity contribution is 0.416. The monoisotopic (exact) mass is 416 g/mol. The summed E-state index contributed by atoms with van der Waals surface area (Å²) >= 11 is 0. The summed E-state index contributed by atoms with van der Waals surface area (Å²) in [5, 5.41) is 0. The largest absolute Gasteiger partial charge is 0.496 e. The molecule has 8 bridgehead atoms. The van der Waals surface area contributed by atoms with Gasteiger partial charge in [-0.3, -0.25) is 0 Å². The Hall–Kier alpha value is -4.38. The van der Waals surface area contributed by atoms with Gasteiger partial charge in [0.05, 0.1) is 29.9 Å². The maximum atomic E-state index is 5.67. The van der Waals surface area contributed by atoms with E-state index >= 15 is 0 Å². The molecule has 0 unspecified atom stereocenters. The van der Waals surface area contributed by atoms with E-state index in [0.717, 1.165) is 61.7 Å². The summed E-state index contributed by atoms with van der Waals surface area (Å²) in [5.74, 6) is 0.789. The van der Waals surface area contributed by atoms with E-state index in [1.165, 1.54) is 0 Å². The van der Waals surface area contributed by atoms with Gasteiger partial charge >= 0.3 is 0 Å². The molecule has 0 aliphatic carbocycles. The molecule has 5 heteroatoms. The molecule has 2 N–H and O–H groups in total. The van der Waals surface area contributed by atoms with Gasteiger partial charge in [-0.05, 0) is 72.8 Å². The van der Waals surface area contributed by atoms with Crippen LogP contribution in [-0.2, 0) is 0 Å². The molecule has 0 spiro atoms. The topological polar surface area (TPSA) is 66.6 Å². The van der Waals surface area contributed by atoms with Crippen LogP contribution in [0.2, 0.25) is 0 Å². The average molecular weight is 416 g/mol. The summed E-state index contributed by atoms with van der Waals surface area (Å²) in [5.41, 5.74) is 9.44. The van der Waals surface area contributed by atoms with Crippen LogP contribution in [0.4, 0.5) is 0 Å². The van der Waals surface area contributed by atoms with E-state index in [1.54, 1.807) is 7.11 Å². The van der Waals surface area contributed by atoms with Crippen LogP contribution in [0.3, 0.4) is 0 Å². The number of H-pyrrole nitrogens is 2. The normalized spacial score (nSPS) is 12.3. The van der Waals surface area contributed by atoms with Crippen molar-refractivity contribution in [2.45, 2.75) is 0 Å². The molecule has 0 radical (unpaired) electrons. The van der Waals surface area contributed by atoms with E-state index in [-0.39, 0.29) is 0 Å². The molecule has 0 fully saturated rings. The molecule has 3 aromatic heterocycles. The first-order valence-electron chi connectivity index (χ1n) is 10.5. The standard InChI is InChI=1S/C27H20N4O/c1-32-26-5-3-2-4-23(26)27-24-12-10-21(30-24)15-19-8-6-17(28-19)14-18-7-9-20(29-18)16-22-11-13-25(27)31-22/h2-16,28-29H,1H3. The smallest absolute Gasteiger partial charge is 0.126 e. The van der Waals surface area contributed by atoms with Gasteiger partial charge in [0.25, 0.3) is 0 Å². The van der Waals surface area contributed by atoms with E-state index in [0.29, 0.717) is 0 Å². The van der Waals surface area contributed by atoms with Gasteiger partial charge in [0, 0.05) is 33.2 Å². The number of methoxy groups -OCH3 is 1. The lowest BCUT2D eigenvalue weighted by Gasteiger charge is -2.10. The first-order valence-corrected chi connectivity index (χ1v) is 10.5. The van der Waals surface area contributed by atoms with Crippen LogP contribution in [-0.4, -0.2) is 27.0 Å². The molecule has 5 nitrogen and oxygen atoms in total. The molecular formula is C27H20N4O. The van der Waals surface area contributed by atoms with E-state index in [2.05, 4.69) is 40.3 Å². The molecule has 154 valence electrons. The van der Waals surface area contributed by atoms with Crippen LogP contribution < -0.4 is 4.74 Å². The molecule has 4 aromatic rings. The Morgan fingerprint density at radius 1 is 0.625 bits per heavy atom. The molecule has 0 saturated carbocycles. The van der Waals surface area contributed by atoms with Crippen molar-refractivity contribution in [2.24, 2.45) is 0 Å². The zero-order valence-electron chi connectivity index (χ0n) is 17.5. The lowest BCUT2D eigenvalue weighted by atomic mass is 10.0. The number of rotatable bonds is 2. The molecule has 6 rings (SSSR count). The van der Waals surface area contributed by atoms with Crippen molar-refractivity contribution in [2.75, 3.05) is 7.11 Å². The Bertz CT molecular complexity index is 1480. The van der Waals surface area contributed by atoms with Crippen LogP contribution in [0.15, 0.2) is 66.7 Å². The number of benzene rings is 1. The molecule has 32 heavy (non-hydrogen) atoms. The molecule has 2 aliphatic rings. The van der Waals surface area contributed by atoms with Crippen molar-refractivity contribution in [1.29, 1.82) is 0 Å². The van der Waals surface area contributed by atoms with Crippen molar-refractivity contribution < 1.29 is 4.74 Å². The second-order valence-electron chi connectivity index (χ2n) is 7.76. The molecule has 5 heterocycles. The number of aromatic nitrogens is 4. The maximum absolute atomic E-state index is 5.67. The third kappa shape index (κ3) is 3.30. The predicted octanol–water partition coefficient (Wildman–Crippen LogP) is 6.33. The number of hydrogen-bond acceptors (Lipinski definition) is 3. The summed E-state index contributed by atoms with van der Waals surface area (Å²) in [7, 11) is 1.69. The first kappa shape index (κ1) is 18.4. The summed E-state index contributed by atoms with van der Waals surface area (Å²) in [4.78, 5) is 16.7. The number of ether oxygens (including phenoxy) is 1. The molecule has 2 aliphatic heterocycles. The van der Waals surface area contributed by atoms with Gasteiger partial charge < -0.3 is 14.7 Å². The number of aromatic amines is 2. The Morgan fingerprint density at radius 2 is 1.16 bits per heavy atom. The van der Waals surface area contributed by atoms with Crippen molar-refractivity contribution in [3.63, 3.8) is 0 Å². The van der Waals surface area contributed by atoms with E-state index in [9.17, 15) is 0 Å². The Morgan fingerprint density at radius 3 is 1.72 bits per heavy atom. The highest BCUT2D eigenvalue weighted by atomic mass is 16.5. The number of nitrogens with one attached hydrogen (secondary N) is 2. The predicted molar refractivity (Wildman–Crippen MR) is 131 cm³/mol. The fraction of sp³-hybridized carbons (Fsp3) is 0.0370. The van der Waals surface area contributed by atoms with Gasteiger partial charge in [0.2, 0.25) is 0 Å². The fourth-order valence-corrected chi connectivity index (χ4v) is 4.14. The first-order chi connectivity index (χ1) is 15.7. The summed E-state index contributed by atoms with van der Waals surface area (Å²) in [6.45, 7) is 0. The van der Waals surface area contributed by atoms with Gasteiger partial charge in [0.15, 0.2) is 0 Å². The summed E-state index contributed by atoms with van der Waals surface area (Å²) in [6, 6.07) is 22.4. The molecule has 0 saturated heterocycles. The van der Waals surface area contributed by atoms with Crippen molar-refractivity contribution in [3.8, 4) is 16.9 Å². The van der Waals surface area contributed by atoms with E-state index in [1.807, 2.05) is 60.7 Å². The van der Waals surface area contributed by atoms with Crippen LogP contribution >= 0.6 is 0 Å². The minimum atomic E-state index is 0.789. The highest BCUT2D eigenvalue weighted by molar-refractivity contribution is 5.90. The average Bonchev–Trinajstić information content (AvgIpc) is 3.60. The molecular weight excluding hydrogens is 396 g/mol. The number of para-hydroxylation sites is 1. The van der Waals surface area contributed by atoms with Gasteiger partial charge in [-0.15, -0.1) is 0 Å². The van der Waals surface area contributed by atoms with Crippen molar-refractivity contribution in [1.82, 2.24) is 19.9 Å². The van der Waals surface area contributed by atoms with Gasteiger partial charge in [-0.1, -0.05) is 18.2 Å². The Labute approximate surface area is 184 Å². The van der Waals surface area contributed by atoms with E-state index < -0.39 is 0 Å². The third-order valence-electron chi connectivity index (χ3n) is 5.59. The fourth-order valence-electron chi connectivity index (χ4n) is 4.14. The number of hydrogen-bond donors (Lipinski definition) is 2. The highest BCUT2D eigenvalue weighted by Gasteiger charge is 2.17. The zero-order chi connectivity index (χ0) is 21.5. The number of nitrogens with zero attached hydrogens (tertiary/aromatic N) is 2. The minimum absolute atomic E-state index is 0.789. The lowest BCUT2D eigenvalue weighted by Crippen LogP contribution is -1.93. The van der Waals surface area contributed by atoms with E-state index in [4.69, 9.17) is 14.7 Å². The van der Waals surface area contributed by atoms with Crippen LogP contribution in [0, 0.1) is 0 Å². The zero-order valence-corrected chi connectivity index (χ0v) is 17.5. The summed E-state index contributed by atoms with van der Waals surface area (Å²) < 4.78 is 5.67. The quantitative estimate of drug-likeness (QED) is 0.346. The molecule has 0 atom stereocenters. The van der Waals surface area contributed by atoms with Crippen LogP contribution in [0.25, 0.3) is 57.5 Å². The second kappa shape index (κ2) is 7.39. The highest BCUT2D eigenvalue weighted by Crippen LogP contribution is 2.36. The minimum Gasteiger partial charge on any atom is -0.496 e. The van der Waals surface area contributed by atoms with Crippen LogP contribution in [0.1, 0.15) is 22.8 Å². The molecule has 0 amide bonds. The van der Waals surface area contributed by atoms with Crippen molar-refractivity contribution in [3.05, 3.63) is 89.5 Å². The summed E-state index contributed by atoms with van der Waals surface area (Å²) in [6.07, 6.45) is 8.13. The maximum Gasteiger partial charge on any atom is 0.126 e. The number of fused-ring (bicyclic) bond motifs is 8. The molecule has 1 aromatic carbocycles. The van der Waals surface area contributed by atoms with Crippen molar-refractivity contribution >= 4 is 46.4 Å². The Kier molecular flexibility index (Phi) is 4.25. The van der Waals surface area contributed by atoms with Gasteiger partial charge in [-0.25, -0.2) is 9.97 Å². The second-order valence-corrected chi connectivity index (χ2v) is 7.76. The van der Waals surface area contributed by atoms with Gasteiger partial charge in [-0.2, -0.15) is 0 Å². The Balaban J connectivity index is 1.73. The van der Waals surface area contributed by atoms with Crippen LogP contribution in [0.5, 0.6) is 5.75 Å². The SMILES string of the molecule is COc1ccccc1-c1c2nc(cc3ccc(cc4ccc(cc5nc1C=C5)[nH]4)[nH]3)C=C2.